The number of nitrogens with zero attached hydrogens (tertiary/aromatic N) is 1. The lowest BCUT2D eigenvalue weighted by molar-refractivity contribution is 0.0919. The van der Waals surface area contributed by atoms with Crippen LogP contribution in [0.3, 0.4) is 0 Å². The molecule has 0 radical (unpaired) electrons. The molecule has 2 N–H and O–H groups in total. The Hall–Kier alpha value is -1.72. The van der Waals surface area contributed by atoms with E-state index in [2.05, 4.69) is 31.1 Å². The molecule has 1 unspecified atom stereocenters. The van der Waals surface area contributed by atoms with Crippen LogP contribution in [-0.2, 0) is 5.41 Å². The maximum Gasteiger partial charge on any atom is 0.263 e. The van der Waals surface area contributed by atoms with E-state index in [1.165, 1.54) is 16.9 Å². The minimum absolute atomic E-state index is 0.0847. The van der Waals surface area contributed by atoms with Gasteiger partial charge < -0.3 is 10.4 Å². The zero-order chi connectivity index (χ0) is 16.3. The van der Waals surface area contributed by atoms with Gasteiger partial charge in [-0.25, -0.2) is 4.98 Å². The predicted octanol–water partition coefficient (Wildman–Crippen LogP) is 3.21. The first-order chi connectivity index (χ1) is 10.3. The summed E-state index contributed by atoms with van der Waals surface area (Å²) in [7, 11) is 0. The summed E-state index contributed by atoms with van der Waals surface area (Å²) in [6, 6.07) is 7.87. The van der Waals surface area contributed by atoms with Gasteiger partial charge in [-0.15, -0.1) is 11.3 Å². The first-order valence-electron chi connectivity index (χ1n) is 7.26. The zero-order valence-electron chi connectivity index (χ0n) is 13.4. The summed E-state index contributed by atoms with van der Waals surface area (Å²) >= 11 is 1.31. The van der Waals surface area contributed by atoms with Gasteiger partial charge in [0, 0.05) is 6.54 Å². The van der Waals surface area contributed by atoms with E-state index in [-0.39, 0.29) is 17.9 Å². The minimum Gasteiger partial charge on any atom is -0.387 e. The maximum atomic E-state index is 12.0. The van der Waals surface area contributed by atoms with Crippen LogP contribution in [0.25, 0.3) is 0 Å². The van der Waals surface area contributed by atoms with Crippen molar-refractivity contribution in [3.05, 3.63) is 51.5 Å². The SMILES string of the molecule is Cc1ncsc1C(=O)NCC(O)c1ccc(C(C)(C)C)cc1. The molecule has 0 bridgehead atoms. The van der Waals surface area contributed by atoms with Gasteiger partial charge in [0.1, 0.15) is 4.88 Å². The van der Waals surface area contributed by atoms with E-state index < -0.39 is 6.10 Å². The van der Waals surface area contributed by atoms with Crippen LogP contribution in [0.1, 0.15) is 53.4 Å². The van der Waals surface area contributed by atoms with Crippen LogP contribution >= 0.6 is 11.3 Å². The minimum atomic E-state index is -0.716. The number of thiazole rings is 1. The van der Waals surface area contributed by atoms with E-state index in [4.69, 9.17) is 0 Å². The summed E-state index contributed by atoms with van der Waals surface area (Å²) < 4.78 is 0. The van der Waals surface area contributed by atoms with Gasteiger partial charge in [0.25, 0.3) is 5.91 Å². The average Bonchev–Trinajstić information content (AvgIpc) is 2.90. The molecule has 5 heteroatoms. The molecular formula is C17H22N2O2S. The third-order valence-electron chi connectivity index (χ3n) is 3.57. The van der Waals surface area contributed by atoms with E-state index in [9.17, 15) is 9.90 Å². The quantitative estimate of drug-likeness (QED) is 0.910. The van der Waals surface area contributed by atoms with Crippen molar-refractivity contribution in [3.63, 3.8) is 0 Å². The highest BCUT2D eigenvalue weighted by atomic mass is 32.1. The van der Waals surface area contributed by atoms with E-state index in [0.717, 1.165) is 5.56 Å². The van der Waals surface area contributed by atoms with Gasteiger partial charge in [-0.2, -0.15) is 0 Å². The molecule has 1 heterocycles. The Balaban J connectivity index is 1.96. The number of rotatable bonds is 4. The molecule has 1 aromatic carbocycles. The van der Waals surface area contributed by atoms with Crippen molar-refractivity contribution >= 4 is 17.2 Å². The monoisotopic (exact) mass is 318 g/mol. The predicted molar refractivity (Wildman–Crippen MR) is 89.3 cm³/mol. The van der Waals surface area contributed by atoms with E-state index in [1.54, 1.807) is 12.4 Å². The smallest absolute Gasteiger partial charge is 0.263 e. The number of amides is 1. The molecule has 118 valence electrons. The molecule has 0 aliphatic carbocycles. The van der Waals surface area contributed by atoms with E-state index >= 15 is 0 Å². The topological polar surface area (TPSA) is 62.2 Å². The maximum absolute atomic E-state index is 12.0. The Kier molecular flexibility index (Phi) is 4.98. The molecule has 1 atom stereocenters. The normalized spacial score (nSPS) is 13.0. The Morgan fingerprint density at radius 2 is 1.95 bits per heavy atom. The third kappa shape index (κ3) is 3.93. The number of hydrogen-bond donors (Lipinski definition) is 2. The van der Waals surface area contributed by atoms with Crippen LogP contribution in [0.5, 0.6) is 0 Å². The van der Waals surface area contributed by atoms with Crippen LogP contribution in [-0.4, -0.2) is 22.5 Å². The molecule has 0 aliphatic rings. The standard InChI is InChI=1S/C17H22N2O2S/c1-11-15(22-10-19-11)16(21)18-9-14(20)12-5-7-13(8-6-12)17(2,3)4/h5-8,10,14,20H,9H2,1-4H3,(H,18,21). The largest absolute Gasteiger partial charge is 0.387 e. The number of hydrogen-bond acceptors (Lipinski definition) is 4. The number of carbonyl (C=O) groups excluding carboxylic acids is 1. The number of aromatic nitrogens is 1. The molecule has 0 aliphatic heterocycles. The number of aliphatic hydroxyl groups excluding tert-OH is 1. The lowest BCUT2D eigenvalue weighted by Gasteiger charge is -2.20. The van der Waals surface area contributed by atoms with Crippen molar-refractivity contribution < 1.29 is 9.90 Å². The van der Waals surface area contributed by atoms with Crippen molar-refractivity contribution in [3.8, 4) is 0 Å². The number of carbonyl (C=O) groups is 1. The molecule has 0 fully saturated rings. The summed E-state index contributed by atoms with van der Waals surface area (Å²) in [4.78, 5) is 16.6. The fraction of sp³-hybridized carbons (Fsp3) is 0.412. The van der Waals surface area contributed by atoms with Crippen molar-refractivity contribution in [2.45, 2.75) is 39.2 Å². The fourth-order valence-corrected chi connectivity index (χ4v) is 2.83. The van der Waals surface area contributed by atoms with Gasteiger partial charge in [0.15, 0.2) is 0 Å². The van der Waals surface area contributed by atoms with Crippen LogP contribution in [0.4, 0.5) is 0 Å². The van der Waals surface area contributed by atoms with Crippen LogP contribution in [0.2, 0.25) is 0 Å². The lowest BCUT2D eigenvalue weighted by Crippen LogP contribution is -2.28. The molecular weight excluding hydrogens is 296 g/mol. The summed E-state index contributed by atoms with van der Waals surface area (Å²) in [5.74, 6) is -0.189. The molecule has 0 spiro atoms. The third-order valence-corrected chi connectivity index (χ3v) is 4.50. The first kappa shape index (κ1) is 16.6. The first-order valence-corrected chi connectivity index (χ1v) is 8.14. The Labute approximate surface area is 135 Å². The van der Waals surface area contributed by atoms with Gasteiger partial charge in [0.05, 0.1) is 17.3 Å². The summed E-state index contributed by atoms with van der Waals surface area (Å²) in [5, 5.41) is 13.0. The number of aryl methyl sites for hydroxylation is 1. The second-order valence-corrected chi connectivity index (χ2v) is 7.22. The number of nitrogens with one attached hydrogen (secondary N) is 1. The van der Waals surface area contributed by atoms with Gasteiger partial charge >= 0.3 is 0 Å². The zero-order valence-corrected chi connectivity index (χ0v) is 14.2. The number of aliphatic hydroxyl groups is 1. The molecule has 2 rings (SSSR count). The summed E-state index contributed by atoms with van der Waals surface area (Å²) in [6.45, 7) is 8.43. The molecule has 2 aromatic rings. The van der Waals surface area contributed by atoms with Crippen LogP contribution in [0, 0.1) is 6.92 Å². The Morgan fingerprint density at radius 1 is 1.32 bits per heavy atom. The van der Waals surface area contributed by atoms with Gasteiger partial charge in [0.2, 0.25) is 0 Å². The Morgan fingerprint density at radius 3 is 2.45 bits per heavy atom. The van der Waals surface area contributed by atoms with E-state index in [0.29, 0.717) is 10.6 Å². The van der Waals surface area contributed by atoms with Gasteiger partial charge in [-0.3, -0.25) is 4.79 Å². The molecule has 1 amide bonds. The highest BCUT2D eigenvalue weighted by Crippen LogP contribution is 2.24. The fourth-order valence-electron chi connectivity index (χ4n) is 2.11. The van der Waals surface area contributed by atoms with Gasteiger partial charge in [-0.1, -0.05) is 45.0 Å². The van der Waals surface area contributed by atoms with Crippen molar-refractivity contribution in [1.82, 2.24) is 10.3 Å². The highest BCUT2D eigenvalue weighted by molar-refractivity contribution is 7.11. The molecule has 22 heavy (non-hydrogen) atoms. The average molecular weight is 318 g/mol. The molecule has 0 saturated heterocycles. The van der Waals surface area contributed by atoms with Crippen molar-refractivity contribution in [1.29, 1.82) is 0 Å². The summed E-state index contributed by atoms with van der Waals surface area (Å²) in [5.41, 5.74) is 4.46. The molecule has 1 aromatic heterocycles. The summed E-state index contributed by atoms with van der Waals surface area (Å²) in [6.07, 6.45) is -0.716. The molecule has 0 saturated carbocycles. The van der Waals surface area contributed by atoms with Gasteiger partial charge in [-0.05, 0) is 23.5 Å². The molecule has 4 nitrogen and oxygen atoms in total. The van der Waals surface area contributed by atoms with Crippen LogP contribution < -0.4 is 5.32 Å². The number of benzene rings is 1. The van der Waals surface area contributed by atoms with E-state index in [1.807, 2.05) is 24.3 Å². The highest BCUT2D eigenvalue weighted by Gasteiger charge is 2.16. The second kappa shape index (κ2) is 6.58. The Bertz CT molecular complexity index is 641. The van der Waals surface area contributed by atoms with Crippen molar-refractivity contribution in [2.24, 2.45) is 0 Å². The second-order valence-electron chi connectivity index (χ2n) is 6.36. The lowest BCUT2D eigenvalue weighted by atomic mass is 9.86. The van der Waals surface area contributed by atoms with Crippen molar-refractivity contribution in [2.75, 3.05) is 6.54 Å². The van der Waals surface area contributed by atoms with Crippen LogP contribution in [0.15, 0.2) is 29.8 Å².